The van der Waals surface area contributed by atoms with Gasteiger partial charge in [0.25, 0.3) is 5.91 Å². The van der Waals surface area contributed by atoms with Crippen LogP contribution in [-0.2, 0) is 6.54 Å². The number of para-hydroxylation sites is 1. The second kappa shape index (κ2) is 5.00. The normalized spacial score (nSPS) is 10.6. The maximum atomic E-state index is 12.1. The first kappa shape index (κ1) is 12.2. The Morgan fingerprint density at radius 3 is 2.95 bits per heavy atom. The van der Waals surface area contributed by atoms with Gasteiger partial charge in [-0.2, -0.15) is 10.2 Å². The number of nitrogens with two attached hydrogens (primary N) is 1. The van der Waals surface area contributed by atoms with Gasteiger partial charge in [0.15, 0.2) is 0 Å². The molecule has 4 N–H and O–H groups in total. The number of fused-ring (bicyclic) bond motifs is 1. The first-order chi connectivity index (χ1) is 9.74. The molecule has 0 aliphatic rings. The smallest absolute Gasteiger partial charge is 0.268 e. The molecule has 0 saturated heterocycles. The Labute approximate surface area is 115 Å². The summed E-state index contributed by atoms with van der Waals surface area (Å²) in [5.74, 6) is -0.203. The van der Waals surface area contributed by atoms with E-state index in [4.69, 9.17) is 5.73 Å². The van der Waals surface area contributed by atoms with E-state index in [-0.39, 0.29) is 5.91 Å². The van der Waals surface area contributed by atoms with Crippen molar-refractivity contribution in [1.82, 2.24) is 20.5 Å². The van der Waals surface area contributed by atoms with Crippen molar-refractivity contribution >= 4 is 22.5 Å². The molecule has 0 aliphatic heterocycles. The standard InChI is InChI=1S/C14H13N5O/c15-11-5-1-3-9-7-12(18-13(9)11)14(20)16-8-10-4-2-6-17-19-10/h1-7,18H,8,15H2,(H,16,20). The summed E-state index contributed by atoms with van der Waals surface area (Å²) in [6.45, 7) is 0.331. The number of benzene rings is 1. The second-order valence-corrected chi connectivity index (χ2v) is 4.39. The summed E-state index contributed by atoms with van der Waals surface area (Å²) in [6.07, 6.45) is 1.59. The third-order valence-electron chi connectivity index (χ3n) is 2.99. The quantitative estimate of drug-likeness (QED) is 0.626. The second-order valence-electron chi connectivity index (χ2n) is 4.39. The highest BCUT2D eigenvalue weighted by molar-refractivity contribution is 6.00. The highest BCUT2D eigenvalue weighted by atomic mass is 16.1. The van der Waals surface area contributed by atoms with Crippen LogP contribution in [0.2, 0.25) is 0 Å². The van der Waals surface area contributed by atoms with Gasteiger partial charge < -0.3 is 16.0 Å². The van der Waals surface area contributed by atoms with Crippen LogP contribution in [0.5, 0.6) is 0 Å². The summed E-state index contributed by atoms with van der Waals surface area (Å²) in [4.78, 5) is 15.1. The van der Waals surface area contributed by atoms with Crippen LogP contribution in [0.3, 0.4) is 0 Å². The Morgan fingerprint density at radius 1 is 1.30 bits per heavy atom. The predicted molar refractivity (Wildman–Crippen MR) is 75.9 cm³/mol. The summed E-state index contributed by atoms with van der Waals surface area (Å²) < 4.78 is 0. The lowest BCUT2D eigenvalue weighted by Crippen LogP contribution is -2.23. The lowest BCUT2D eigenvalue weighted by Gasteiger charge is -2.02. The molecular weight excluding hydrogens is 254 g/mol. The van der Waals surface area contributed by atoms with Crippen molar-refractivity contribution in [3.8, 4) is 0 Å². The molecule has 0 bridgehead atoms. The number of nitrogen functional groups attached to an aromatic ring is 1. The van der Waals surface area contributed by atoms with Crippen molar-refractivity contribution in [3.05, 3.63) is 54.0 Å². The number of nitrogens with zero attached hydrogens (tertiary/aromatic N) is 2. The fourth-order valence-electron chi connectivity index (χ4n) is 2.00. The van der Waals surface area contributed by atoms with E-state index in [1.54, 1.807) is 30.5 Å². The van der Waals surface area contributed by atoms with Crippen molar-refractivity contribution in [1.29, 1.82) is 0 Å². The minimum Gasteiger partial charge on any atom is -0.397 e. The molecular formula is C14H13N5O. The van der Waals surface area contributed by atoms with Crippen LogP contribution < -0.4 is 11.1 Å². The Morgan fingerprint density at radius 2 is 2.20 bits per heavy atom. The van der Waals surface area contributed by atoms with Crippen LogP contribution in [0.25, 0.3) is 10.9 Å². The minimum atomic E-state index is -0.203. The van der Waals surface area contributed by atoms with E-state index in [1.807, 2.05) is 12.1 Å². The van der Waals surface area contributed by atoms with E-state index in [0.717, 1.165) is 10.9 Å². The number of aromatic amines is 1. The number of anilines is 1. The SMILES string of the molecule is Nc1cccc2cc(C(=O)NCc3cccnn3)[nH]c12. The Kier molecular flexibility index (Phi) is 3.04. The topological polar surface area (TPSA) is 96.7 Å². The summed E-state index contributed by atoms with van der Waals surface area (Å²) in [5.41, 5.74) is 8.43. The highest BCUT2D eigenvalue weighted by Crippen LogP contribution is 2.20. The number of aromatic nitrogens is 3. The van der Waals surface area contributed by atoms with Crippen molar-refractivity contribution in [2.75, 3.05) is 5.73 Å². The largest absolute Gasteiger partial charge is 0.397 e. The third kappa shape index (κ3) is 2.31. The fraction of sp³-hybridized carbons (Fsp3) is 0.0714. The number of hydrogen-bond donors (Lipinski definition) is 3. The van der Waals surface area contributed by atoms with Crippen LogP contribution in [0.15, 0.2) is 42.6 Å². The van der Waals surface area contributed by atoms with Gasteiger partial charge in [-0.05, 0) is 24.3 Å². The predicted octanol–water partition coefficient (Wildman–Crippen LogP) is 1.47. The van der Waals surface area contributed by atoms with Crippen LogP contribution in [-0.4, -0.2) is 21.1 Å². The van der Waals surface area contributed by atoms with E-state index in [0.29, 0.717) is 23.6 Å². The van der Waals surface area contributed by atoms with Crippen molar-refractivity contribution < 1.29 is 4.79 Å². The van der Waals surface area contributed by atoms with E-state index in [9.17, 15) is 4.79 Å². The molecule has 2 heterocycles. The molecule has 100 valence electrons. The fourth-order valence-corrected chi connectivity index (χ4v) is 2.00. The lowest BCUT2D eigenvalue weighted by atomic mass is 10.2. The number of carbonyl (C=O) groups excluding carboxylic acids is 1. The zero-order chi connectivity index (χ0) is 13.9. The molecule has 0 unspecified atom stereocenters. The van der Waals surface area contributed by atoms with E-state index >= 15 is 0 Å². The molecule has 0 fully saturated rings. The average molecular weight is 267 g/mol. The summed E-state index contributed by atoms with van der Waals surface area (Å²) in [7, 11) is 0. The Hall–Kier alpha value is -2.89. The molecule has 0 spiro atoms. The molecule has 6 nitrogen and oxygen atoms in total. The zero-order valence-electron chi connectivity index (χ0n) is 10.6. The van der Waals surface area contributed by atoms with Crippen LogP contribution in [0.4, 0.5) is 5.69 Å². The molecule has 1 aromatic carbocycles. The van der Waals surface area contributed by atoms with Crippen molar-refractivity contribution in [3.63, 3.8) is 0 Å². The number of carbonyl (C=O) groups is 1. The molecule has 0 radical (unpaired) electrons. The van der Waals surface area contributed by atoms with E-state index in [1.165, 1.54) is 0 Å². The van der Waals surface area contributed by atoms with Crippen LogP contribution in [0, 0.1) is 0 Å². The number of nitrogens with one attached hydrogen (secondary N) is 2. The molecule has 1 amide bonds. The van der Waals surface area contributed by atoms with Gasteiger partial charge in [-0.15, -0.1) is 0 Å². The summed E-state index contributed by atoms with van der Waals surface area (Å²) in [6, 6.07) is 10.9. The maximum absolute atomic E-state index is 12.1. The molecule has 6 heteroatoms. The zero-order valence-corrected chi connectivity index (χ0v) is 10.6. The number of H-pyrrole nitrogens is 1. The van der Waals surface area contributed by atoms with Gasteiger partial charge in [0.1, 0.15) is 5.69 Å². The van der Waals surface area contributed by atoms with Crippen LogP contribution in [0.1, 0.15) is 16.2 Å². The summed E-state index contributed by atoms with van der Waals surface area (Å²) in [5, 5.41) is 11.4. The number of rotatable bonds is 3. The van der Waals surface area contributed by atoms with Gasteiger partial charge in [-0.1, -0.05) is 12.1 Å². The molecule has 0 saturated carbocycles. The molecule has 2 aromatic heterocycles. The van der Waals surface area contributed by atoms with Crippen molar-refractivity contribution in [2.24, 2.45) is 0 Å². The maximum Gasteiger partial charge on any atom is 0.268 e. The van der Waals surface area contributed by atoms with Crippen LogP contribution >= 0.6 is 0 Å². The number of hydrogen-bond acceptors (Lipinski definition) is 4. The third-order valence-corrected chi connectivity index (χ3v) is 2.99. The first-order valence-electron chi connectivity index (χ1n) is 6.16. The van der Waals surface area contributed by atoms with Gasteiger partial charge in [0.2, 0.25) is 0 Å². The molecule has 20 heavy (non-hydrogen) atoms. The lowest BCUT2D eigenvalue weighted by molar-refractivity contribution is 0.0946. The molecule has 0 atom stereocenters. The van der Waals surface area contributed by atoms with Gasteiger partial charge in [-0.3, -0.25) is 4.79 Å². The van der Waals surface area contributed by atoms with E-state index < -0.39 is 0 Å². The summed E-state index contributed by atoms with van der Waals surface area (Å²) >= 11 is 0. The Balaban J connectivity index is 1.77. The van der Waals surface area contributed by atoms with Gasteiger partial charge in [0, 0.05) is 11.6 Å². The monoisotopic (exact) mass is 267 g/mol. The van der Waals surface area contributed by atoms with E-state index in [2.05, 4.69) is 20.5 Å². The average Bonchev–Trinajstić information content (AvgIpc) is 2.91. The van der Waals surface area contributed by atoms with Gasteiger partial charge in [0.05, 0.1) is 23.4 Å². The minimum absolute atomic E-state index is 0.203. The highest BCUT2D eigenvalue weighted by Gasteiger charge is 2.10. The molecule has 3 aromatic rings. The number of amides is 1. The van der Waals surface area contributed by atoms with Crippen molar-refractivity contribution in [2.45, 2.75) is 6.54 Å². The Bertz CT molecular complexity index is 751. The molecule has 0 aliphatic carbocycles. The van der Waals surface area contributed by atoms with Gasteiger partial charge >= 0.3 is 0 Å². The van der Waals surface area contributed by atoms with Gasteiger partial charge in [-0.25, -0.2) is 0 Å². The first-order valence-corrected chi connectivity index (χ1v) is 6.16. The molecule has 3 rings (SSSR count).